The first-order valence-corrected chi connectivity index (χ1v) is 6.05. The maximum Gasteiger partial charge on any atom is 0.295 e. The molecule has 84 valence electrons. The predicted octanol–water partition coefficient (Wildman–Crippen LogP) is 3.57. The van der Waals surface area contributed by atoms with E-state index >= 15 is 0 Å². The summed E-state index contributed by atoms with van der Waals surface area (Å²) in [7, 11) is 0. The number of hydrogen-bond donors (Lipinski definition) is 0. The molecule has 1 aromatic rings. The highest BCUT2D eigenvalue weighted by Gasteiger charge is 2.15. The number of benzene rings is 1. The van der Waals surface area contributed by atoms with Gasteiger partial charge in [-0.3, -0.25) is 10.1 Å². The summed E-state index contributed by atoms with van der Waals surface area (Å²) in [5, 5.41) is 13.8. The van der Waals surface area contributed by atoms with Crippen LogP contribution in [-0.4, -0.2) is 15.4 Å². The van der Waals surface area contributed by atoms with Crippen LogP contribution in [0.1, 0.15) is 11.1 Å². The summed E-state index contributed by atoms with van der Waals surface area (Å²) in [6.45, 7) is 1.89. The maximum atomic E-state index is 10.8. The molecule has 0 atom stereocenters. The molecule has 0 aliphatic rings. The zero-order chi connectivity index (χ0) is 12.1. The van der Waals surface area contributed by atoms with Gasteiger partial charge in [-0.2, -0.15) is 4.99 Å². The third kappa shape index (κ3) is 2.95. The molecule has 0 N–H and O–H groups in total. The zero-order valence-corrected chi connectivity index (χ0v) is 11.0. The Bertz CT molecular complexity index is 470. The van der Waals surface area contributed by atoms with E-state index in [1.165, 1.54) is 0 Å². The number of nitrogens with zero attached hydrogens (tertiary/aromatic N) is 2. The Labute approximate surface area is 107 Å². The van der Waals surface area contributed by atoms with Crippen molar-refractivity contribution in [1.29, 1.82) is 0 Å². The van der Waals surface area contributed by atoms with Crippen LogP contribution in [0.5, 0.6) is 0 Å². The van der Waals surface area contributed by atoms with Gasteiger partial charge in [0.2, 0.25) is 0 Å². The van der Waals surface area contributed by atoms with Crippen LogP contribution in [-0.2, 0) is 6.42 Å². The van der Waals surface area contributed by atoms with Crippen LogP contribution >= 0.6 is 28.1 Å². The van der Waals surface area contributed by atoms with Crippen molar-refractivity contribution in [2.24, 2.45) is 4.99 Å². The lowest BCUT2D eigenvalue weighted by atomic mass is 10.0. The van der Waals surface area contributed by atoms with Crippen molar-refractivity contribution in [3.8, 4) is 0 Å². The zero-order valence-electron chi connectivity index (χ0n) is 8.57. The molecule has 0 bridgehead atoms. The SMILES string of the molecule is Cc1cc(N=C=S)c([N+](=O)[O-])cc1CCBr. The lowest BCUT2D eigenvalue weighted by Crippen LogP contribution is -1.95. The number of nitro benzene ring substituents is 1. The molecular weight excluding hydrogens is 292 g/mol. The fourth-order valence-corrected chi connectivity index (χ4v) is 1.91. The Balaban J connectivity index is 3.36. The number of rotatable bonds is 4. The molecule has 1 rings (SSSR count). The topological polar surface area (TPSA) is 55.5 Å². The minimum atomic E-state index is -0.456. The Morgan fingerprint density at radius 2 is 2.31 bits per heavy atom. The van der Waals surface area contributed by atoms with Gasteiger partial charge in [0.1, 0.15) is 0 Å². The smallest absolute Gasteiger partial charge is 0.258 e. The van der Waals surface area contributed by atoms with Gasteiger partial charge in [0.15, 0.2) is 5.69 Å². The van der Waals surface area contributed by atoms with Crippen molar-refractivity contribution in [2.75, 3.05) is 5.33 Å². The molecule has 0 fully saturated rings. The number of halogens is 1. The number of aryl methyl sites for hydroxylation is 2. The normalized spacial score (nSPS) is 9.62. The Morgan fingerprint density at radius 1 is 1.62 bits per heavy atom. The molecule has 0 saturated heterocycles. The van der Waals surface area contributed by atoms with Crippen molar-refractivity contribution in [3.63, 3.8) is 0 Å². The monoisotopic (exact) mass is 300 g/mol. The highest BCUT2D eigenvalue weighted by molar-refractivity contribution is 9.09. The van der Waals surface area contributed by atoms with Crippen molar-refractivity contribution < 1.29 is 4.92 Å². The molecule has 0 radical (unpaired) electrons. The largest absolute Gasteiger partial charge is 0.295 e. The molecule has 0 unspecified atom stereocenters. The van der Waals surface area contributed by atoms with Crippen LogP contribution in [0.2, 0.25) is 0 Å². The van der Waals surface area contributed by atoms with Crippen LogP contribution in [0.4, 0.5) is 11.4 Å². The second-order valence-corrected chi connectivity index (χ2v) is 4.14. The van der Waals surface area contributed by atoms with E-state index in [9.17, 15) is 10.1 Å². The first-order valence-electron chi connectivity index (χ1n) is 4.52. The molecule has 1 aromatic carbocycles. The van der Waals surface area contributed by atoms with Gasteiger partial charge in [-0.25, -0.2) is 0 Å². The Kier molecular flexibility index (Phi) is 4.73. The lowest BCUT2D eigenvalue weighted by Gasteiger charge is -2.05. The summed E-state index contributed by atoms with van der Waals surface area (Å²) in [6, 6.07) is 3.21. The van der Waals surface area contributed by atoms with Crippen LogP contribution in [0.25, 0.3) is 0 Å². The van der Waals surface area contributed by atoms with E-state index < -0.39 is 4.92 Å². The number of hydrogen-bond acceptors (Lipinski definition) is 4. The van der Waals surface area contributed by atoms with E-state index in [1.807, 2.05) is 6.92 Å². The average Bonchev–Trinajstić information content (AvgIpc) is 2.22. The van der Waals surface area contributed by atoms with E-state index in [4.69, 9.17) is 0 Å². The van der Waals surface area contributed by atoms with Gasteiger partial charge < -0.3 is 0 Å². The third-order valence-corrected chi connectivity index (χ3v) is 2.65. The van der Waals surface area contributed by atoms with Crippen molar-refractivity contribution >= 4 is 44.7 Å². The second-order valence-electron chi connectivity index (χ2n) is 3.17. The molecule has 0 spiro atoms. The fourth-order valence-electron chi connectivity index (χ4n) is 1.38. The van der Waals surface area contributed by atoms with Gasteiger partial charge in [0.05, 0.1) is 10.1 Å². The Morgan fingerprint density at radius 3 is 2.81 bits per heavy atom. The summed E-state index contributed by atoms with van der Waals surface area (Å²) >= 11 is 7.77. The molecule has 16 heavy (non-hydrogen) atoms. The molecule has 6 heteroatoms. The second kappa shape index (κ2) is 5.84. The highest BCUT2D eigenvalue weighted by Crippen LogP contribution is 2.30. The van der Waals surface area contributed by atoms with Crippen molar-refractivity contribution in [2.45, 2.75) is 13.3 Å². The molecule has 0 aromatic heterocycles. The maximum absolute atomic E-state index is 10.8. The Hall–Kier alpha value is -1.10. The molecular formula is C10H9BrN2O2S. The molecule has 0 saturated carbocycles. The van der Waals surface area contributed by atoms with Gasteiger partial charge in [-0.15, -0.1) is 0 Å². The summed E-state index contributed by atoms with van der Waals surface area (Å²) in [6.07, 6.45) is 0.744. The number of isothiocyanates is 1. The van der Waals surface area contributed by atoms with Gasteiger partial charge in [0, 0.05) is 11.4 Å². The van der Waals surface area contributed by atoms with Crippen LogP contribution < -0.4 is 0 Å². The standard InChI is InChI=1S/C10H9BrN2O2S/c1-7-4-9(12-6-16)10(13(14)15)5-8(7)2-3-11/h4-5H,2-3H2,1H3. The minimum absolute atomic E-state index is 0.0288. The van der Waals surface area contributed by atoms with E-state index in [2.05, 4.69) is 38.3 Å². The van der Waals surface area contributed by atoms with Gasteiger partial charge >= 0.3 is 0 Å². The quantitative estimate of drug-likeness (QED) is 0.281. The van der Waals surface area contributed by atoms with Crippen LogP contribution in [0.15, 0.2) is 17.1 Å². The van der Waals surface area contributed by atoms with Crippen molar-refractivity contribution in [3.05, 3.63) is 33.4 Å². The first-order chi connectivity index (χ1) is 7.60. The summed E-state index contributed by atoms with van der Waals surface area (Å²) < 4.78 is 0. The molecule has 0 aliphatic carbocycles. The fraction of sp³-hybridized carbons (Fsp3) is 0.300. The number of aliphatic imine (C=N–C) groups is 1. The molecule has 0 aliphatic heterocycles. The minimum Gasteiger partial charge on any atom is -0.258 e. The van der Waals surface area contributed by atoms with Crippen molar-refractivity contribution in [1.82, 2.24) is 0 Å². The van der Waals surface area contributed by atoms with E-state index in [1.54, 1.807) is 12.1 Å². The van der Waals surface area contributed by atoms with E-state index in [-0.39, 0.29) is 11.4 Å². The van der Waals surface area contributed by atoms with Gasteiger partial charge in [0.25, 0.3) is 5.69 Å². The summed E-state index contributed by atoms with van der Waals surface area (Å²) in [4.78, 5) is 14.1. The number of thiocarbonyl (C=S) groups is 1. The van der Waals surface area contributed by atoms with Crippen LogP contribution in [0, 0.1) is 17.0 Å². The first kappa shape index (κ1) is 13.0. The lowest BCUT2D eigenvalue weighted by molar-refractivity contribution is -0.384. The van der Waals surface area contributed by atoms with Gasteiger partial charge in [-0.05, 0) is 42.8 Å². The summed E-state index contributed by atoms with van der Waals surface area (Å²) in [5.41, 5.74) is 2.13. The predicted molar refractivity (Wildman–Crippen MR) is 70.0 cm³/mol. The molecule has 0 heterocycles. The van der Waals surface area contributed by atoms with Gasteiger partial charge in [-0.1, -0.05) is 15.9 Å². The number of nitro groups is 1. The molecule has 0 amide bonds. The number of alkyl halides is 1. The van der Waals surface area contributed by atoms with E-state index in [0.29, 0.717) is 0 Å². The average molecular weight is 301 g/mol. The summed E-state index contributed by atoms with van der Waals surface area (Å²) in [5.74, 6) is 0. The third-order valence-electron chi connectivity index (χ3n) is 2.16. The highest BCUT2D eigenvalue weighted by atomic mass is 79.9. The van der Waals surface area contributed by atoms with Crippen LogP contribution in [0.3, 0.4) is 0 Å². The van der Waals surface area contributed by atoms with E-state index in [0.717, 1.165) is 22.9 Å². The molecule has 4 nitrogen and oxygen atoms in total.